The fourth-order valence-corrected chi connectivity index (χ4v) is 3.36. The fraction of sp³-hybridized carbons (Fsp3) is 0.214. The SMILES string of the molecule is Cc1ccc(C(Cc2sccc2Br)C(=O)O)cc1. The number of rotatable bonds is 4. The van der Waals surface area contributed by atoms with Gasteiger partial charge in [-0.3, -0.25) is 4.79 Å². The molecule has 0 aliphatic rings. The van der Waals surface area contributed by atoms with Gasteiger partial charge in [0.25, 0.3) is 0 Å². The maximum absolute atomic E-state index is 11.4. The zero-order valence-electron chi connectivity index (χ0n) is 9.89. The maximum atomic E-state index is 11.4. The predicted molar refractivity (Wildman–Crippen MR) is 77.3 cm³/mol. The standard InChI is InChI=1S/C14H13BrO2S/c1-9-2-4-10(5-3-9)11(14(16)17)8-13-12(15)6-7-18-13/h2-7,11H,8H2,1H3,(H,16,17). The van der Waals surface area contributed by atoms with E-state index < -0.39 is 11.9 Å². The molecule has 1 N–H and O–H groups in total. The van der Waals surface area contributed by atoms with Crippen LogP contribution in [0.25, 0.3) is 0 Å². The number of hydrogen-bond acceptors (Lipinski definition) is 2. The summed E-state index contributed by atoms with van der Waals surface area (Å²) in [6.07, 6.45) is 0.524. The highest BCUT2D eigenvalue weighted by Crippen LogP contribution is 2.29. The van der Waals surface area contributed by atoms with Crippen molar-refractivity contribution >= 4 is 33.2 Å². The highest BCUT2D eigenvalue weighted by atomic mass is 79.9. The zero-order valence-corrected chi connectivity index (χ0v) is 12.3. The Morgan fingerprint density at radius 3 is 2.50 bits per heavy atom. The smallest absolute Gasteiger partial charge is 0.311 e. The first-order valence-corrected chi connectivity index (χ1v) is 7.26. The lowest BCUT2D eigenvalue weighted by Gasteiger charge is -2.12. The Labute approximate surface area is 118 Å². The topological polar surface area (TPSA) is 37.3 Å². The average molecular weight is 325 g/mol. The van der Waals surface area contributed by atoms with Crippen molar-refractivity contribution < 1.29 is 9.90 Å². The summed E-state index contributed by atoms with van der Waals surface area (Å²) in [6, 6.07) is 9.66. The second-order valence-corrected chi connectivity index (χ2v) is 6.05. The van der Waals surface area contributed by atoms with Gasteiger partial charge < -0.3 is 5.11 Å². The van der Waals surface area contributed by atoms with Gasteiger partial charge in [0.1, 0.15) is 0 Å². The van der Waals surface area contributed by atoms with E-state index in [-0.39, 0.29) is 0 Å². The molecule has 1 atom stereocenters. The lowest BCUT2D eigenvalue weighted by atomic mass is 9.94. The molecule has 1 aromatic heterocycles. The number of carboxylic acid groups (broad SMARTS) is 1. The Bertz CT molecular complexity index is 545. The lowest BCUT2D eigenvalue weighted by molar-refractivity contribution is -0.138. The van der Waals surface area contributed by atoms with Crippen LogP contribution >= 0.6 is 27.3 Å². The quantitative estimate of drug-likeness (QED) is 0.913. The van der Waals surface area contributed by atoms with Gasteiger partial charge in [0.15, 0.2) is 0 Å². The van der Waals surface area contributed by atoms with E-state index in [9.17, 15) is 9.90 Å². The second kappa shape index (κ2) is 5.67. The molecule has 1 unspecified atom stereocenters. The summed E-state index contributed by atoms with van der Waals surface area (Å²) in [4.78, 5) is 12.5. The number of halogens is 1. The number of benzene rings is 1. The van der Waals surface area contributed by atoms with E-state index in [1.54, 1.807) is 11.3 Å². The minimum absolute atomic E-state index is 0.486. The molecule has 1 aromatic carbocycles. The van der Waals surface area contributed by atoms with Crippen LogP contribution in [0.1, 0.15) is 21.9 Å². The summed E-state index contributed by atoms with van der Waals surface area (Å²) >= 11 is 5.03. The molecule has 2 aromatic rings. The van der Waals surface area contributed by atoms with Crippen LogP contribution < -0.4 is 0 Å². The van der Waals surface area contributed by atoms with Gasteiger partial charge in [0.2, 0.25) is 0 Å². The van der Waals surface area contributed by atoms with E-state index in [0.29, 0.717) is 6.42 Å². The molecule has 94 valence electrons. The van der Waals surface area contributed by atoms with Crippen LogP contribution in [-0.4, -0.2) is 11.1 Å². The minimum Gasteiger partial charge on any atom is -0.481 e. The first kappa shape index (κ1) is 13.3. The van der Waals surface area contributed by atoms with E-state index in [1.165, 1.54) is 0 Å². The molecular formula is C14H13BrO2S. The number of carboxylic acids is 1. The Kier molecular flexibility index (Phi) is 4.19. The maximum Gasteiger partial charge on any atom is 0.311 e. The van der Waals surface area contributed by atoms with Crippen molar-refractivity contribution in [3.8, 4) is 0 Å². The molecule has 0 spiro atoms. The fourth-order valence-electron chi connectivity index (χ4n) is 1.80. The van der Waals surface area contributed by atoms with Crippen molar-refractivity contribution in [2.45, 2.75) is 19.3 Å². The zero-order chi connectivity index (χ0) is 13.1. The van der Waals surface area contributed by atoms with Gasteiger partial charge in [-0.1, -0.05) is 29.8 Å². The van der Waals surface area contributed by atoms with Gasteiger partial charge in [-0.15, -0.1) is 11.3 Å². The van der Waals surface area contributed by atoms with Gasteiger partial charge >= 0.3 is 5.97 Å². The molecule has 0 bridgehead atoms. The summed E-state index contributed by atoms with van der Waals surface area (Å²) in [5, 5.41) is 11.3. The Morgan fingerprint density at radius 2 is 2.00 bits per heavy atom. The van der Waals surface area contributed by atoms with Crippen LogP contribution in [-0.2, 0) is 11.2 Å². The molecule has 18 heavy (non-hydrogen) atoms. The van der Waals surface area contributed by atoms with Crippen molar-refractivity contribution in [1.82, 2.24) is 0 Å². The van der Waals surface area contributed by atoms with Crippen LogP contribution in [0.3, 0.4) is 0 Å². The Hall–Kier alpha value is -1.13. The third-order valence-corrected chi connectivity index (χ3v) is 4.81. The molecule has 4 heteroatoms. The highest BCUT2D eigenvalue weighted by molar-refractivity contribution is 9.10. The Morgan fingerprint density at radius 1 is 1.33 bits per heavy atom. The molecule has 2 rings (SSSR count). The van der Waals surface area contributed by atoms with Crippen molar-refractivity contribution in [3.05, 3.63) is 56.2 Å². The van der Waals surface area contributed by atoms with Crippen molar-refractivity contribution in [2.75, 3.05) is 0 Å². The number of aryl methyl sites for hydroxylation is 1. The molecule has 0 aliphatic heterocycles. The lowest BCUT2D eigenvalue weighted by Crippen LogP contribution is -2.14. The second-order valence-electron chi connectivity index (χ2n) is 4.20. The Balaban J connectivity index is 2.27. The molecule has 2 nitrogen and oxygen atoms in total. The summed E-state index contributed by atoms with van der Waals surface area (Å²) in [7, 11) is 0. The monoisotopic (exact) mass is 324 g/mol. The average Bonchev–Trinajstić information content (AvgIpc) is 2.73. The van der Waals surface area contributed by atoms with Crippen LogP contribution in [0, 0.1) is 6.92 Å². The number of aliphatic carboxylic acids is 1. The predicted octanol–water partition coefficient (Wildman–Crippen LogP) is 4.23. The van der Waals surface area contributed by atoms with E-state index in [1.807, 2.05) is 42.6 Å². The van der Waals surface area contributed by atoms with Gasteiger partial charge in [-0.2, -0.15) is 0 Å². The largest absolute Gasteiger partial charge is 0.481 e. The summed E-state index contributed by atoms with van der Waals surface area (Å²) in [5.74, 6) is -1.26. The molecule has 0 radical (unpaired) electrons. The minimum atomic E-state index is -0.779. The van der Waals surface area contributed by atoms with Gasteiger partial charge in [0, 0.05) is 15.8 Å². The number of thiophene rings is 1. The third kappa shape index (κ3) is 3.00. The highest BCUT2D eigenvalue weighted by Gasteiger charge is 2.21. The van der Waals surface area contributed by atoms with E-state index in [4.69, 9.17) is 0 Å². The molecule has 0 fully saturated rings. The van der Waals surface area contributed by atoms with E-state index in [2.05, 4.69) is 15.9 Å². The summed E-state index contributed by atoms with van der Waals surface area (Å²) < 4.78 is 0.992. The van der Waals surface area contributed by atoms with Crippen LogP contribution in [0.15, 0.2) is 40.2 Å². The van der Waals surface area contributed by atoms with Crippen LogP contribution in [0.4, 0.5) is 0 Å². The van der Waals surface area contributed by atoms with Crippen molar-refractivity contribution in [3.63, 3.8) is 0 Å². The number of carbonyl (C=O) groups is 1. The normalized spacial score (nSPS) is 12.3. The third-order valence-electron chi connectivity index (χ3n) is 2.86. The molecule has 1 heterocycles. The van der Waals surface area contributed by atoms with Gasteiger partial charge in [-0.05, 0) is 39.9 Å². The van der Waals surface area contributed by atoms with Crippen molar-refractivity contribution in [2.24, 2.45) is 0 Å². The molecule has 0 amide bonds. The summed E-state index contributed by atoms with van der Waals surface area (Å²) in [6.45, 7) is 2.00. The first-order chi connectivity index (χ1) is 8.58. The molecular weight excluding hydrogens is 312 g/mol. The van der Waals surface area contributed by atoms with E-state index >= 15 is 0 Å². The van der Waals surface area contributed by atoms with Crippen molar-refractivity contribution in [1.29, 1.82) is 0 Å². The van der Waals surface area contributed by atoms with Gasteiger partial charge in [-0.25, -0.2) is 0 Å². The molecule has 0 saturated carbocycles. The molecule has 0 aliphatic carbocycles. The molecule has 0 saturated heterocycles. The van der Waals surface area contributed by atoms with Gasteiger partial charge in [0.05, 0.1) is 5.92 Å². The van der Waals surface area contributed by atoms with E-state index in [0.717, 1.165) is 20.5 Å². The van der Waals surface area contributed by atoms with Crippen LogP contribution in [0.5, 0.6) is 0 Å². The summed E-state index contributed by atoms with van der Waals surface area (Å²) in [5.41, 5.74) is 1.99. The van der Waals surface area contributed by atoms with Crippen LogP contribution in [0.2, 0.25) is 0 Å². The first-order valence-electron chi connectivity index (χ1n) is 5.59. The number of hydrogen-bond donors (Lipinski definition) is 1.